The summed E-state index contributed by atoms with van der Waals surface area (Å²) >= 11 is 13.2. The Labute approximate surface area is 222 Å². The summed E-state index contributed by atoms with van der Waals surface area (Å²) in [4.78, 5) is 45.8. The van der Waals surface area contributed by atoms with Crippen LogP contribution in [0.3, 0.4) is 0 Å². The Balaban J connectivity index is 0.00000274. The van der Waals surface area contributed by atoms with Gasteiger partial charge in [-0.15, -0.1) is 0 Å². The van der Waals surface area contributed by atoms with E-state index >= 15 is 0 Å². The molecule has 3 atom stereocenters. The van der Waals surface area contributed by atoms with E-state index in [1.54, 1.807) is 6.92 Å². The third kappa shape index (κ3) is 4.71. The fraction of sp³-hybridized carbons (Fsp3) is 0.524. The Bertz CT molecular complexity index is 1140. The molecular formula is C21H22Cl2LiN5O4S. The van der Waals surface area contributed by atoms with Crippen LogP contribution in [0.4, 0.5) is 5.13 Å². The van der Waals surface area contributed by atoms with Crippen molar-refractivity contribution >= 4 is 57.5 Å². The van der Waals surface area contributed by atoms with Crippen molar-refractivity contribution in [2.45, 2.75) is 44.7 Å². The van der Waals surface area contributed by atoms with Gasteiger partial charge in [0, 0.05) is 42.7 Å². The Morgan fingerprint density at radius 3 is 2.38 bits per heavy atom. The number of nitrogens with zero attached hydrogens (tertiary/aromatic N) is 2. The van der Waals surface area contributed by atoms with E-state index in [0.717, 1.165) is 30.6 Å². The van der Waals surface area contributed by atoms with Crippen LogP contribution >= 0.6 is 34.5 Å². The second kappa shape index (κ2) is 9.74. The van der Waals surface area contributed by atoms with Crippen LogP contribution in [0.25, 0.3) is 0 Å². The second-order valence-corrected chi connectivity index (χ2v) is 10.7. The minimum atomic E-state index is -1.32. The van der Waals surface area contributed by atoms with Gasteiger partial charge in [-0.2, -0.15) is 0 Å². The van der Waals surface area contributed by atoms with Crippen LogP contribution in [0.1, 0.15) is 50.8 Å². The SMILES string of the molecule is Cc1[nH]c(C(=O)N[C@@H]2[C@@H]3CN(c4nc(CC(=O)NC5CCC5)c(C(=O)[O-])s4)C[C@@H]32)c(Cl)c1Cl.[Li+]. The topological polar surface area (TPSA) is 130 Å². The Morgan fingerprint density at radius 1 is 1.18 bits per heavy atom. The number of aromatic amines is 1. The molecule has 1 saturated heterocycles. The second-order valence-electron chi connectivity index (χ2n) is 8.92. The number of halogens is 2. The molecule has 2 amide bonds. The van der Waals surface area contributed by atoms with Crippen LogP contribution in [0.2, 0.25) is 10.0 Å². The van der Waals surface area contributed by atoms with Crippen LogP contribution in [0.5, 0.6) is 0 Å². The molecule has 34 heavy (non-hydrogen) atoms. The number of piperidine rings is 1. The Kier molecular flexibility index (Phi) is 7.28. The molecule has 0 radical (unpaired) electrons. The molecule has 0 spiro atoms. The summed E-state index contributed by atoms with van der Waals surface area (Å²) in [5.74, 6) is -1.37. The van der Waals surface area contributed by atoms with Gasteiger partial charge in [0.1, 0.15) is 5.69 Å². The number of carbonyl (C=O) groups is 3. The number of amides is 2. The number of aromatic carboxylic acids is 1. The first kappa shape index (κ1) is 25.4. The Morgan fingerprint density at radius 2 is 1.85 bits per heavy atom. The average molecular weight is 518 g/mol. The minimum absolute atomic E-state index is 0. The van der Waals surface area contributed by atoms with Gasteiger partial charge in [0.25, 0.3) is 5.91 Å². The number of aryl methyl sites for hydroxylation is 1. The van der Waals surface area contributed by atoms with Crippen LogP contribution in [0.15, 0.2) is 0 Å². The summed E-state index contributed by atoms with van der Waals surface area (Å²) in [6.45, 7) is 3.03. The maximum absolute atomic E-state index is 12.6. The summed E-state index contributed by atoms with van der Waals surface area (Å²) in [5.41, 5.74) is 1.13. The number of anilines is 1. The number of hydrogen-bond donors (Lipinski definition) is 3. The molecule has 3 aliphatic rings. The fourth-order valence-corrected chi connectivity index (χ4v) is 5.94. The quantitative estimate of drug-likeness (QED) is 0.384. The van der Waals surface area contributed by atoms with Crippen molar-refractivity contribution in [3.05, 3.63) is 32.0 Å². The smallest absolute Gasteiger partial charge is 0.544 e. The molecule has 0 bridgehead atoms. The molecule has 2 aliphatic carbocycles. The van der Waals surface area contributed by atoms with Gasteiger partial charge < -0.3 is 30.4 Å². The number of nitrogens with one attached hydrogen (secondary N) is 3. The number of carboxylic acids is 1. The van der Waals surface area contributed by atoms with Crippen molar-refractivity contribution < 1.29 is 38.4 Å². The number of fused-ring (bicyclic) bond motifs is 1. The molecule has 176 valence electrons. The van der Waals surface area contributed by atoms with E-state index < -0.39 is 5.97 Å². The maximum atomic E-state index is 12.6. The molecule has 3 N–H and O–H groups in total. The number of rotatable bonds is 7. The van der Waals surface area contributed by atoms with Gasteiger partial charge in [0.15, 0.2) is 5.13 Å². The third-order valence-electron chi connectivity index (χ3n) is 6.71. The summed E-state index contributed by atoms with van der Waals surface area (Å²) in [5, 5.41) is 18.6. The molecule has 0 unspecified atom stereocenters. The molecular weight excluding hydrogens is 496 g/mol. The molecule has 0 aromatic carbocycles. The van der Waals surface area contributed by atoms with Crippen molar-refractivity contribution in [3.8, 4) is 0 Å². The number of hydrogen-bond acceptors (Lipinski definition) is 7. The summed E-state index contributed by atoms with van der Waals surface area (Å²) in [6, 6.07) is 0.196. The zero-order chi connectivity index (χ0) is 23.4. The average Bonchev–Trinajstić information content (AvgIpc) is 3.11. The zero-order valence-corrected chi connectivity index (χ0v) is 21.1. The number of carbonyl (C=O) groups excluding carboxylic acids is 3. The van der Waals surface area contributed by atoms with E-state index in [4.69, 9.17) is 23.2 Å². The molecule has 2 aromatic rings. The van der Waals surface area contributed by atoms with E-state index in [-0.39, 0.29) is 82.3 Å². The van der Waals surface area contributed by atoms with Gasteiger partial charge in [-0.05, 0) is 26.2 Å². The molecule has 2 saturated carbocycles. The van der Waals surface area contributed by atoms with Crippen molar-refractivity contribution in [2.75, 3.05) is 18.0 Å². The van der Waals surface area contributed by atoms with Gasteiger partial charge in [0.05, 0.1) is 33.0 Å². The molecule has 3 heterocycles. The van der Waals surface area contributed by atoms with Crippen molar-refractivity contribution in [2.24, 2.45) is 11.8 Å². The first-order valence-electron chi connectivity index (χ1n) is 10.8. The van der Waals surface area contributed by atoms with E-state index in [2.05, 4.69) is 20.6 Å². The van der Waals surface area contributed by atoms with Gasteiger partial charge in [-0.25, -0.2) is 4.98 Å². The minimum Gasteiger partial charge on any atom is -0.544 e. The first-order chi connectivity index (χ1) is 15.7. The number of aromatic nitrogens is 2. The van der Waals surface area contributed by atoms with Gasteiger partial charge in [0.2, 0.25) is 5.91 Å². The van der Waals surface area contributed by atoms with Crippen molar-refractivity contribution in [1.82, 2.24) is 20.6 Å². The molecule has 1 aliphatic heterocycles. The Hall–Kier alpha value is -1.70. The first-order valence-corrected chi connectivity index (χ1v) is 12.4. The van der Waals surface area contributed by atoms with Crippen LogP contribution in [-0.4, -0.2) is 52.9 Å². The van der Waals surface area contributed by atoms with Gasteiger partial charge >= 0.3 is 18.9 Å². The molecule has 5 rings (SSSR count). The third-order valence-corrected chi connectivity index (χ3v) is 8.80. The number of thiazole rings is 1. The van der Waals surface area contributed by atoms with E-state index in [0.29, 0.717) is 28.9 Å². The maximum Gasteiger partial charge on any atom is 1.00 e. The van der Waals surface area contributed by atoms with Crippen molar-refractivity contribution in [3.63, 3.8) is 0 Å². The van der Waals surface area contributed by atoms with Crippen molar-refractivity contribution in [1.29, 1.82) is 0 Å². The monoisotopic (exact) mass is 517 g/mol. The van der Waals surface area contributed by atoms with Gasteiger partial charge in [-0.3, -0.25) is 9.59 Å². The summed E-state index contributed by atoms with van der Waals surface area (Å²) < 4.78 is 0. The summed E-state index contributed by atoms with van der Waals surface area (Å²) in [7, 11) is 0. The van der Waals surface area contributed by atoms with E-state index in [1.165, 1.54) is 0 Å². The zero-order valence-electron chi connectivity index (χ0n) is 18.7. The van der Waals surface area contributed by atoms with Crippen LogP contribution in [-0.2, 0) is 11.2 Å². The molecule has 9 nitrogen and oxygen atoms in total. The molecule has 13 heteroatoms. The predicted molar refractivity (Wildman–Crippen MR) is 122 cm³/mol. The molecule has 2 aromatic heterocycles. The standard InChI is InChI=1S/C21H23Cl2N5O4S.Li/c1-8-14(22)15(23)17(24-8)19(30)27-16-10-6-28(7-11(10)16)21-26-12(18(33-21)20(31)32)5-13(29)25-9-3-2-4-9;/h9-11,16,24H,2-7H2,1H3,(H,25,29)(H,27,30)(H,31,32);/q;+1/p-1/t10-,11+,16-;. The van der Waals surface area contributed by atoms with E-state index in [1.807, 2.05) is 4.90 Å². The number of H-pyrrole nitrogens is 1. The predicted octanol–water partition coefficient (Wildman–Crippen LogP) is -1.47. The fourth-order valence-electron chi connectivity index (χ4n) is 4.59. The summed E-state index contributed by atoms with van der Waals surface area (Å²) in [6.07, 6.45) is 2.94. The van der Waals surface area contributed by atoms with Crippen LogP contribution in [0, 0.1) is 18.8 Å². The normalized spacial score (nSPS) is 23.0. The van der Waals surface area contributed by atoms with E-state index in [9.17, 15) is 19.5 Å². The van der Waals surface area contributed by atoms with Gasteiger partial charge in [-0.1, -0.05) is 34.5 Å². The number of carboxylic acid groups (broad SMARTS) is 1. The largest absolute Gasteiger partial charge is 1.00 e. The van der Waals surface area contributed by atoms with Crippen LogP contribution < -0.4 is 39.5 Å². The molecule has 3 fully saturated rings.